The van der Waals surface area contributed by atoms with Gasteiger partial charge in [0, 0.05) is 5.63 Å². The first-order chi connectivity index (χ1) is 2.94. The molecule has 0 aliphatic rings. The third-order valence-electron chi connectivity index (χ3n) is 0.214. The molecule has 0 fully saturated rings. The Balaban J connectivity index is 0. The second-order valence-corrected chi connectivity index (χ2v) is 1.09. The van der Waals surface area contributed by atoms with Crippen LogP contribution in [0.1, 0.15) is 0 Å². The topological polar surface area (TPSA) is 0 Å². The van der Waals surface area contributed by atoms with Crippen LogP contribution in [-0.4, -0.2) is 6.18 Å². The Hall–Kier alpha value is 1.65. The molecular formula is C2ClF4K. The molecule has 0 N–H and O–H groups in total. The van der Waals surface area contributed by atoms with E-state index >= 15 is 0 Å². The van der Waals surface area contributed by atoms with Crippen LogP contribution in [0.2, 0.25) is 0 Å². The average Bonchev–Trinajstić information content (AvgIpc) is 1.31. The zero-order chi connectivity index (χ0) is 6.08. The Morgan fingerprint density at radius 3 is 1.38 bits per heavy atom. The van der Waals surface area contributed by atoms with E-state index in [9.17, 15) is 17.6 Å². The molecule has 44 valence electrons. The van der Waals surface area contributed by atoms with Crippen molar-refractivity contribution in [3.05, 3.63) is 5.63 Å². The van der Waals surface area contributed by atoms with Crippen LogP contribution in [0.5, 0.6) is 0 Å². The molecule has 0 bridgehead atoms. The third-order valence-corrected chi connectivity index (χ3v) is 0.429. The minimum absolute atomic E-state index is 0. The van der Waals surface area contributed by atoms with E-state index in [0.29, 0.717) is 0 Å². The number of rotatable bonds is 0. The van der Waals surface area contributed by atoms with Crippen LogP contribution < -0.4 is 51.4 Å². The van der Waals surface area contributed by atoms with E-state index in [-0.39, 0.29) is 51.4 Å². The SMILES string of the molecule is F[C-](Cl)C(F)(F)F.[K+]. The average molecular weight is 175 g/mol. The Labute approximate surface area is 91.0 Å². The maximum atomic E-state index is 10.8. The molecule has 0 amide bonds. The minimum atomic E-state index is -4.98. The summed E-state index contributed by atoms with van der Waals surface area (Å²) in [4.78, 5) is 0. The first-order valence-electron chi connectivity index (χ1n) is 1.19. The molecule has 0 saturated heterocycles. The van der Waals surface area contributed by atoms with Crippen LogP contribution in [-0.2, 0) is 0 Å². The van der Waals surface area contributed by atoms with Crippen molar-refractivity contribution in [2.45, 2.75) is 6.18 Å². The van der Waals surface area contributed by atoms with Crippen LogP contribution in [0, 0.1) is 5.63 Å². The molecule has 0 rings (SSSR count). The summed E-state index contributed by atoms with van der Waals surface area (Å²) in [5.74, 6) is 0. The summed E-state index contributed by atoms with van der Waals surface area (Å²) >= 11 is 3.88. The van der Waals surface area contributed by atoms with Crippen LogP contribution in [0.25, 0.3) is 0 Å². The van der Waals surface area contributed by atoms with Crippen molar-refractivity contribution in [1.29, 1.82) is 0 Å². The smallest absolute Gasteiger partial charge is 0.430 e. The van der Waals surface area contributed by atoms with E-state index < -0.39 is 11.8 Å². The molecule has 0 aromatic rings. The van der Waals surface area contributed by atoms with Crippen molar-refractivity contribution < 1.29 is 68.9 Å². The molecule has 0 unspecified atom stereocenters. The van der Waals surface area contributed by atoms with Crippen LogP contribution >= 0.6 is 11.6 Å². The quantitative estimate of drug-likeness (QED) is 0.258. The molecule has 6 heteroatoms. The predicted octanol–water partition coefficient (Wildman–Crippen LogP) is -0.750. The van der Waals surface area contributed by atoms with E-state index in [2.05, 4.69) is 11.6 Å². The van der Waals surface area contributed by atoms with Crippen molar-refractivity contribution in [1.82, 2.24) is 0 Å². The summed E-state index contributed by atoms with van der Waals surface area (Å²) in [5.41, 5.74) is -2.53. The predicted molar refractivity (Wildman–Crippen MR) is 16.3 cm³/mol. The summed E-state index contributed by atoms with van der Waals surface area (Å²) < 4.78 is 42.7. The van der Waals surface area contributed by atoms with Gasteiger partial charge in [-0.25, -0.2) is 13.2 Å². The van der Waals surface area contributed by atoms with E-state index in [0.717, 1.165) is 0 Å². The second-order valence-electron chi connectivity index (χ2n) is 0.758. The fourth-order valence-electron chi connectivity index (χ4n) is 0. The molecule has 0 nitrogen and oxygen atoms in total. The zero-order valence-electron chi connectivity index (χ0n) is 3.89. The molecule has 8 heavy (non-hydrogen) atoms. The van der Waals surface area contributed by atoms with Gasteiger partial charge in [0.05, 0.1) is 0 Å². The van der Waals surface area contributed by atoms with E-state index in [1.54, 1.807) is 0 Å². The Bertz CT molecular complexity index is 59.5. The summed E-state index contributed by atoms with van der Waals surface area (Å²) in [5, 5.41) is 0. The molecule has 0 saturated carbocycles. The van der Waals surface area contributed by atoms with Crippen molar-refractivity contribution in [2.75, 3.05) is 0 Å². The molecule has 0 aliphatic heterocycles. The number of alkyl halides is 3. The van der Waals surface area contributed by atoms with Gasteiger partial charge in [0.25, 0.3) is 0 Å². The first-order valence-corrected chi connectivity index (χ1v) is 1.57. The minimum Gasteiger partial charge on any atom is -0.430 e. The molecule has 0 radical (unpaired) electrons. The molecule has 0 aromatic heterocycles. The van der Waals surface area contributed by atoms with E-state index in [1.165, 1.54) is 0 Å². The Morgan fingerprint density at radius 1 is 1.25 bits per heavy atom. The van der Waals surface area contributed by atoms with Gasteiger partial charge in [0.15, 0.2) is 0 Å². The molecular weight excluding hydrogens is 175 g/mol. The Morgan fingerprint density at radius 2 is 1.38 bits per heavy atom. The first kappa shape index (κ1) is 12.3. The maximum absolute atomic E-state index is 10.8. The van der Waals surface area contributed by atoms with Gasteiger partial charge in [0.2, 0.25) is 0 Å². The number of halogens is 5. The monoisotopic (exact) mass is 174 g/mol. The third kappa shape index (κ3) is 5.78. The van der Waals surface area contributed by atoms with Gasteiger partial charge in [-0.15, -0.1) is 0 Å². The van der Waals surface area contributed by atoms with Gasteiger partial charge in [-0.3, -0.25) is 0 Å². The normalized spacial score (nSPS) is 11.2. The van der Waals surface area contributed by atoms with Crippen molar-refractivity contribution in [2.24, 2.45) is 0 Å². The Kier molecular flexibility index (Phi) is 6.88. The van der Waals surface area contributed by atoms with Crippen LogP contribution in [0.15, 0.2) is 0 Å². The molecule has 0 atom stereocenters. The summed E-state index contributed by atoms with van der Waals surface area (Å²) in [6.07, 6.45) is -4.98. The van der Waals surface area contributed by atoms with Gasteiger partial charge in [-0.1, -0.05) is 0 Å². The summed E-state index contributed by atoms with van der Waals surface area (Å²) in [7, 11) is 0. The maximum Gasteiger partial charge on any atom is 1.00 e. The standard InChI is InChI=1S/C2ClF4.K/c3-1(4)2(5,6)7;/q-1;+1. The van der Waals surface area contributed by atoms with Gasteiger partial charge >= 0.3 is 57.6 Å². The van der Waals surface area contributed by atoms with Gasteiger partial charge in [-0.2, -0.15) is 0 Å². The van der Waals surface area contributed by atoms with Gasteiger partial charge in [-0.05, 0) is 0 Å². The van der Waals surface area contributed by atoms with Gasteiger partial charge in [0.1, 0.15) is 0 Å². The molecule has 0 aromatic carbocycles. The second kappa shape index (κ2) is 4.46. The zero-order valence-corrected chi connectivity index (χ0v) is 7.77. The van der Waals surface area contributed by atoms with Gasteiger partial charge < -0.3 is 16.0 Å². The number of hydrogen-bond donors (Lipinski definition) is 0. The van der Waals surface area contributed by atoms with E-state index in [1.807, 2.05) is 0 Å². The summed E-state index contributed by atoms with van der Waals surface area (Å²) in [6.45, 7) is 0. The summed E-state index contributed by atoms with van der Waals surface area (Å²) in [6, 6.07) is 0. The van der Waals surface area contributed by atoms with Crippen molar-refractivity contribution in [3.63, 3.8) is 0 Å². The van der Waals surface area contributed by atoms with Crippen LogP contribution in [0.3, 0.4) is 0 Å². The van der Waals surface area contributed by atoms with Crippen molar-refractivity contribution >= 4 is 11.6 Å². The molecule has 0 heterocycles. The molecule has 0 spiro atoms. The van der Waals surface area contributed by atoms with Crippen LogP contribution in [0.4, 0.5) is 17.6 Å². The van der Waals surface area contributed by atoms with E-state index in [4.69, 9.17) is 0 Å². The fraction of sp³-hybridized carbons (Fsp3) is 0.500. The number of hydrogen-bond acceptors (Lipinski definition) is 0. The van der Waals surface area contributed by atoms with Crippen molar-refractivity contribution in [3.8, 4) is 0 Å². The fourth-order valence-corrected chi connectivity index (χ4v) is 0. The molecule has 0 aliphatic carbocycles. The largest absolute Gasteiger partial charge is 1.00 e.